The molecule has 0 fully saturated rings. The molecule has 0 amide bonds. The Morgan fingerprint density at radius 1 is 1.10 bits per heavy atom. The van der Waals surface area contributed by atoms with Crippen LogP contribution in [0.2, 0.25) is 0 Å². The second-order valence-electron chi connectivity index (χ2n) is 4.70. The van der Waals surface area contributed by atoms with Crippen molar-refractivity contribution in [3.8, 4) is 0 Å². The van der Waals surface area contributed by atoms with Gasteiger partial charge in [0.15, 0.2) is 9.84 Å². The van der Waals surface area contributed by atoms with Gasteiger partial charge in [-0.1, -0.05) is 22.0 Å². The molecule has 3 rings (SSSR count). The van der Waals surface area contributed by atoms with E-state index in [1.165, 1.54) is 24.3 Å². The fourth-order valence-corrected chi connectivity index (χ4v) is 4.59. The molecule has 1 unspecified atom stereocenters. The van der Waals surface area contributed by atoms with Crippen LogP contribution in [0.15, 0.2) is 51.8 Å². The molecule has 0 N–H and O–H groups in total. The molecule has 0 saturated heterocycles. The van der Waals surface area contributed by atoms with E-state index in [9.17, 15) is 12.8 Å². The van der Waals surface area contributed by atoms with E-state index in [0.29, 0.717) is 6.42 Å². The molecule has 2 aromatic carbocycles. The number of sulfone groups is 1. The van der Waals surface area contributed by atoms with Crippen LogP contribution in [0, 0.1) is 12.2 Å². The minimum Gasteiger partial charge on any atom is -0.223 e. The first-order chi connectivity index (χ1) is 9.48. The molecule has 1 atom stereocenters. The molecular weight excluding hydrogens is 343 g/mol. The molecule has 0 aliphatic heterocycles. The summed E-state index contributed by atoms with van der Waals surface area (Å²) >= 11 is 3.38. The molecule has 5 heteroatoms. The molecular formula is C15H11BrFO2S. The zero-order valence-electron chi connectivity index (χ0n) is 10.4. The Morgan fingerprint density at radius 3 is 2.50 bits per heavy atom. The number of rotatable bonds is 2. The fourth-order valence-electron chi connectivity index (χ4n) is 2.45. The zero-order chi connectivity index (χ0) is 14.3. The van der Waals surface area contributed by atoms with Crippen LogP contribution in [0.3, 0.4) is 0 Å². The van der Waals surface area contributed by atoms with Crippen LogP contribution < -0.4 is 0 Å². The largest absolute Gasteiger partial charge is 0.223 e. The van der Waals surface area contributed by atoms with Gasteiger partial charge in [-0.15, -0.1) is 0 Å². The van der Waals surface area contributed by atoms with Gasteiger partial charge in [0.05, 0.1) is 10.1 Å². The first-order valence-corrected chi connectivity index (χ1v) is 8.43. The van der Waals surface area contributed by atoms with Gasteiger partial charge in [-0.3, -0.25) is 0 Å². The van der Waals surface area contributed by atoms with Crippen LogP contribution in [0.5, 0.6) is 0 Å². The van der Waals surface area contributed by atoms with Crippen LogP contribution in [0.4, 0.5) is 4.39 Å². The van der Waals surface area contributed by atoms with Crippen molar-refractivity contribution in [2.24, 2.45) is 0 Å². The van der Waals surface area contributed by atoms with Gasteiger partial charge in [0.2, 0.25) is 0 Å². The quantitative estimate of drug-likeness (QED) is 0.768. The molecule has 103 valence electrons. The normalized spacial score (nSPS) is 18.0. The lowest BCUT2D eigenvalue weighted by Crippen LogP contribution is -2.11. The fraction of sp³-hybridized carbons (Fsp3) is 0.133. The van der Waals surface area contributed by atoms with Gasteiger partial charge in [0.1, 0.15) is 5.82 Å². The molecule has 2 aromatic rings. The Labute approximate surface area is 125 Å². The lowest BCUT2D eigenvalue weighted by molar-refractivity contribution is 0.587. The van der Waals surface area contributed by atoms with Crippen molar-refractivity contribution in [3.05, 3.63) is 70.3 Å². The summed E-state index contributed by atoms with van der Waals surface area (Å²) in [4.78, 5) is 0.149. The van der Waals surface area contributed by atoms with Crippen molar-refractivity contribution < 1.29 is 12.8 Å². The first-order valence-electron chi connectivity index (χ1n) is 6.09. The number of hydrogen-bond acceptors (Lipinski definition) is 2. The van der Waals surface area contributed by atoms with Gasteiger partial charge in [0, 0.05) is 4.47 Å². The van der Waals surface area contributed by atoms with Crippen LogP contribution >= 0.6 is 15.9 Å². The third-order valence-corrected chi connectivity index (χ3v) is 5.98. The van der Waals surface area contributed by atoms with E-state index in [2.05, 4.69) is 15.9 Å². The van der Waals surface area contributed by atoms with Gasteiger partial charge in [0.25, 0.3) is 0 Å². The molecule has 0 heterocycles. The Bertz CT molecular complexity index is 754. The predicted molar refractivity (Wildman–Crippen MR) is 78.5 cm³/mol. The standard InChI is InChI=1S/C15H11BrFO2S/c16-11-2-7-14-10(9-11)1-8-15(14)20(18,19)13-5-3-12(17)4-6-13/h2-9,15H,1H2. The smallest absolute Gasteiger partial charge is 0.185 e. The van der Waals surface area contributed by atoms with Gasteiger partial charge < -0.3 is 0 Å². The van der Waals surface area contributed by atoms with E-state index >= 15 is 0 Å². The van der Waals surface area contributed by atoms with Gasteiger partial charge in [-0.2, -0.15) is 0 Å². The maximum atomic E-state index is 12.9. The van der Waals surface area contributed by atoms with E-state index in [1.807, 2.05) is 18.2 Å². The first kappa shape index (κ1) is 13.8. The molecule has 0 bridgehead atoms. The van der Waals surface area contributed by atoms with Crippen LogP contribution in [-0.4, -0.2) is 8.42 Å². The molecule has 1 radical (unpaired) electrons. The minimum absolute atomic E-state index is 0.149. The van der Waals surface area contributed by atoms with Crippen molar-refractivity contribution >= 4 is 25.8 Å². The maximum absolute atomic E-state index is 12.9. The van der Waals surface area contributed by atoms with Gasteiger partial charge in [-0.25, -0.2) is 12.8 Å². The Balaban J connectivity index is 2.05. The zero-order valence-corrected chi connectivity index (χ0v) is 12.8. The summed E-state index contributed by atoms with van der Waals surface area (Å²) in [6, 6.07) is 10.6. The van der Waals surface area contributed by atoms with Crippen molar-refractivity contribution in [2.45, 2.75) is 16.6 Å². The summed E-state index contributed by atoms with van der Waals surface area (Å²) in [6.07, 6.45) is 2.41. The summed E-state index contributed by atoms with van der Waals surface area (Å²) < 4.78 is 39.1. The van der Waals surface area contributed by atoms with Crippen molar-refractivity contribution in [2.75, 3.05) is 0 Å². The second-order valence-corrected chi connectivity index (χ2v) is 7.69. The molecule has 0 aromatic heterocycles. The summed E-state index contributed by atoms with van der Waals surface area (Å²) in [5, 5.41) is -0.656. The highest BCUT2D eigenvalue weighted by atomic mass is 79.9. The predicted octanol–water partition coefficient (Wildman–Crippen LogP) is 3.86. The lowest BCUT2D eigenvalue weighted by atomic mass is 10.1. The molecule has 1 aliphatic carbocycles. The van der Waals surface area contributed by atoms with E-state index in [-0.39, 0.29) is 4.90 Å². The Kier molecular flexibility index (Phi) is 3.42. The molecule has 1 aliphatic rings. The molecule has 2 nitrogen and oxygen atoms in total. The minimum atomic E-state index is -3.52. The average Bonchev–Trinajstić information content (AvgIpc) is 2.82. The lowest BCUT2D eigenvalue weighted by Gasteiger charge is -2.13. The second kappa shape index (κ2) is 4.97. The summed E-state index contributed by atoms with van der Waals surface area (Å²) in [7, 11) is -3.52. The monoisotopic (exact) mass is 353 g/mol. The summed E-state index contributed by atoms with van der Waals surface area (Å²) in [5.74, 6) is -0.441. The van der Waals surface area contributed by atoms with Crippen molar-refractivity contribution in [1.29, 1.82) is 0 Å². The van der Waals surface area contributed by atoms with E-state index in [4.69, 9.17) is 0 Å². The third kappa shape index (κ3) is 2.29. The van der Waals surface area contributed by atoms with E-state index in [0.717, 1.165) is 15.6 Å². The number of fused-ring (bicyclic) bond motifs is 1. The summed E-state index contributed by atoms with van der Waals surface area (Å²) in [6.45, 7) is 0. The molecule has 0 saturated carbocycles. The van der Waals surface area contributed by atoms with Crippen molar-refractivity contribution in [3.63, 3.8) is 0 Å². The number of benzene rings is 2. The highest BCUT2D eigenvalue weighted by molar-refractivity contribution is 9.10. The van der Waals surface area contributed by atoms with Crippen LogP contribution in [-0.2, 0) is 16.3 Å². The van der Waals surface area contributed by atoms with Gasteiger partial charge in [-0.05, 0) is 60.4 Å². The van der Waals surface area contributed by atoms with Gasteiger partial charge >= 0.3 is 0 Å². The highest BCUT2D eigenvalue weighted by Crippen LogP contribution is 2.40. The number of hydrogen-bond donors (Lipinski definition) is 0. The summed E-state index contributed by atoms with van der Waals surface area (Å²) in [5.41, 5.74) is 1.81. The van der Waals surface area contributed by atoms with Crippen molar-refractivity contribution in [1.82, 2.24) is 0 Å². The third-order valence-electron chi connectivity index (χ3n) is 3.44. The number of halogens is 2. The highest BCUT2D eigenvalue weighted by Gasteiger charge is 2.34. The molecule has 20 heavy (non-hydrogen) atoms. The van der Waals surface area contributed by atoms with Crippen LogP contribution in [0.1, 0.15) is 16.4 Å². The Morgan fingerprint density at radius 2 is 1.80 bits per heavy atom. The van der Waals surface area contributed by atoms with E-state index < -0.39 is 20.9 Å². The Hall–Kier alpha value is -1.20. The van der Waals surface area contributed by atoms with E-state index in [1.54, 1.807) is 6.42 Å². The topological polar surface area (TPSA) is 34.1 Å². The average molecular weight is 354 g/mol. The van der Waals surface area contributed by atoms with Crippen LogP contribution in [0.25, 0.3) is 0 Å². The maximum Gasteiger partial charge on any atom is 0.185 e. The molecule has 0 spiro atoms. The SMILES string of the molecule is O=S(=O)(c1ccc(F)cc1)C1[CH]Cc2cc(Br)ccc21.